The molecule has 1 amide bonds. The monoisotopic (exact) mass is 274 g/mol. The highest BCUT2D eigenvalue weighted by Crippen LogP contribution is 2.31. The van der Waals surface area contributed by atoms with Gasteiger partial charge in [0.1, 0.15) is 0 Å². The largest absolute Gasteiger partial charge is 0.369 e. The summed E-state index contributed by atoms with van der Waals surface area (Å²) in [6, 6.07) is 7.38. The Morgan fingerprint density at radius 3 is 2.40 bits per heavy atom. The van der Waals surface area contributed by atoms with E-state index in [1.807, 2.05) is 49.9 Å². The summed E-state index contributed by atoms with van der Waals surface area (Å²) in [7, 11) is 0. The van der Waals surface area contributed by atoms with Crippen LogP contribution in [0.15, 0.2) is 24.3 Å². The van der Waals surface area contributed by atoms with Gasteiger partial charge in [-0.15, -0.1) is 0 Å². The molecule has 0 aliphatic carbocycles. The molecule has 2 atom stereocenters. The second-order valence-electron chi connectivity index (χ2n) is 6.05. The Balaban J connectivity index is 2.09. The van der Waals surface area contributed by atoms with Gasteiger partial charge in [-0.1, -0.05) is 29.8 Å². The molecular weight excluding hydrogens is 252 g/mol. The first kappa shape index (κ1) is 14.7. The first-order valence-corrected chi connectivity index (χ1v) is 6.98. The van der Waals surface area contributed by atoms with Crippen molar-refractivity contribution in [2.45, 2.75) is 33.2 Å². The molecule has 0 spiro atoms. The number of benzene rings is 1. The van der Waals surface area contributed by atoms with Crippen molar-refractivity contribution in [3.8, 4) is 0 Å². The standard InChI is InChI=1S/C16H22N2O2/c1-11-4-6-13(7-5-11)14(19)12(2)18-9-8-16(3,10-18)15(17)20/h4-7,12H,8-10H2,1-3H3,(H2,17,20). The summed E-state index contributed by atoms with van der Waals surface area (Å²) in [5.74, 6) is -0.186. The number of Topliss-reactive ketones (excluding diaryl/α,β-unsaturated/α-hetero) is 1. The van der Waals surface area contributed by atoms with E-state index >= 15 is 0 Å². The number of hydrogen-bond acceptors (Lipinski definition) is 3. The van der Waals surface area contributed by atoms with Crippen molar-refractivity contribution in [3.63, 3.8) is 0 Å². The molecule has 20 heavy (non-hydrogen) atoms. The van der Waals surface area contributed by atoms with Gasteiger partial charge in [0.15, 0.2) is 5.78 Å². The number of nitrogens with two attached hydrogens (primary N) is 1. The minimum Gasteiger partial charge on any atom is -0.369 e. The number of nitrogens with zero attached hydrogens (tertiary/aromatic N) is 1. The topological polar surface area (TPSA) is 63.4 Å². The number of amides is 1. The van der Waals surface area contributed by atoms with Gasteiger partial charge in [-0.2, -0.15) is 0 Å². The molecule has 0 saturated carbocycles. The summed E-state index contributed by atoms with van der Waals surface area (Å²) in [5, 5.41) is 0. The molecule has 1 heterocycles. The second kappa shape index (κ2) is 5.37. The Hall–Kier alpha value is -1.68. The average Bonchev–Trinajstić information content (AvgIpc) is 2.82. The fourth-order valence-electron chi connectivity index (χ4n) is 2.65. The summed E-state index contributed by atoms with van der Waals surface area (Å²) in [6.45, 7) is 7.06. The molecule has 108 valence electrons. The molecule has 0 aromatic heterocycles. The zero-order valence-corrected chi connectivity index (χ0v) is 12.3. The summed E-state index contributed by atoms with van der Waals surface area (Å²) < 4.78 is 0. The number of rotatable bonds is 4. The van der Waals surface area contributed by atoms with Gasteiger partial charge in [-0.05, 0) is 33.7 Å². The number of carbonyl (C=O) groups is 2. The summed E-state index contributed by atoms with van der Waals surface area (Å²) in [4.78, 5) is 26.0. The van der Waals surface area contributed by atoms with Crippen LogP contribution >= 0.6 is 0 Å². The van der Waals surface area contributed by atoms with Crippen LogP contribution in [0.4, 0.5) is 0 Å². The average molecular weight is 274 g/mol. The lowest BCUT2D eigenvalue weighted by Gasteiger charge is -2.25. The maximum Gasteiger partial charge on any atom is 0.224 e. The van der Waals surface area contributed by atoms with Crippen molar-refractivity contribution in [3.05, 3.63) is 35.4 Å². The number of carbonyl (C=O) groups excluding carboxylic acids is 2. The van der Waals surface area contributed by atoms with Crippen LogP contribution in [-0.4, -0.2) is 35.7 Å². The lowest BCUT2D eigenvalue weighted by molar-refractivity contribution is -0.126. The molecular formula is C16H22N2O2. The van der Waals surface area contributed by atoms with Gasteiger partial charge < -0.3 is 5.73 Å². The number of primary amides is 1. The Morgan fingerprint density at radius 2 is 1.90 bits per heavy atom. The molecule has 1 saturated heterocycles. The van der Waals surface area contributed by atoms with E-state index in [1.54, 1.807) is 0 Å². The van der Waals surface area contributed by atoms with E-state index < -0.39 is 5.41 Å². The Morgan fingerprint density at radius 1 is 1.30 bits per heavy atom. The molecule has 4 nitrogen and oxygen atoms in total. The van der Waals surface area contributed by atoms with Crippen LogP contribution in [-0.2, 0) is 4.79 Å². The van der Waals surface area contributed by atoms with Gasteiger partial charge in [0, 0.05) is 12.1 Å². The quantitative estimate of drug-likeness (QED) is 0.851. The van der Waals surface area contributed by atoms with Crippen LogP contribution in [0.5, 0.6) is 0 Å². The third-order valence-corrected chi connectivity index (χ3v) is 4.36. The SMILES string of the molecule is Cc1ccc(C(=O)C(C)N2CCC(C)(C(N)=O)C2)cc1. The molecule has 1 aromatic rings. The van der Waals surface area contributed by atoms with Crippen LogP contribution < -0.4 is 5.73 Å². The maximum absolute atomic E-state index is 12.5. The fraction of sp³-hybridized carbons (Fsp3) is 0.500. The number of aryl methyl sites for hydroxylation is 1. The summed E-state index contributed by atoms with van der Waals surface area (Å²) in [5.41, 5.74) is 6.79. The Bertz CT molecular complexity index is 524. The zero-order chi connectivity index (χ0) is 14.9. The summed E-state index contributed by atoms with van der Waals surface area (Å²) >= 11 is 0. The lowest BCUT2D eigenvalue weighted by atomic mass is 9.89. The fourth-order valence-corrected chi connectivity index (χ4v) is 2.65. The van der Waals surface area contributed by atoms with Crippen molar-refractivity contribution in [2.75, 3.05) is 13.1 Å². The highest BCUT2D eigenvalue weighted by atomic mass is 16.1. The van der Waals surface area contributed by atoms with E-state index in [-0.39, 0.29) is 17.7 Å². The predicted molar refractivity (Wildman–Crippen MR) is 78.5 cm³/mol. The molecule has 2 rings (SSSR count). The van der Waals surface area contributed by atoms with Crippen molar-refractivity contribution < 1.29 is 9.59 Å². The molecule has 1 aliphatic heterocycles. The van der Waals surface area contributed by atoms with Crippen LogP contribution in [0.1, 0.15) is 36.2 Å². The third-order valence-electron chi connectivity index (χ3n) is 4.36. The van der Waals surface area contributed by atoms with Crippen LogP contribution in [0.2, 0.25) is 0 Å². The minimum absolute atomic E-state index is 0.0960. The van der Waals surface area contributed by atoms with E-state index in [0.29, 0.717) is 13.0 Å². The van der Waals surface area contributed by atoms with Gasteiger partial charge in [0.05, 0.1) is 11.5 Å². The van der Waals surface area contributed by atoms with Gasteiger partial charge in [0.25, 0.3) is 0 Å². The lowest BCUT2D eigenvalue weighted by Crippen LogP contribution is -2.42. The Labute approximate surface area is 119 Å². The smallest absolute Gasteiger partial charge is 0.224 e. The van der Waals surface area contributed by atoms with Gasteiger partial charge in [-0.3, -0.25) is 14.5 Å². The highest BCUT2D eigenvalue weighted by Gasteiger charge is 2.41. The van der Waals surface area contributed by atoms with Crippen molar-refractivity contribution in [2.24, 2.45) is 11.1 Å². The van der Waals surface area contributed by atoms with E-state index in [2.05, 4.69) is 0 Å². The highest BCUT2D eigenvalue weighted by molar-refractivity contribution is 6.00. The molecule has 0 bridgehead atoms. The van der Waals surface area contributed by atoms with E-state index in [4.69, 9.17) is 5.73 Å². The predicted octanol–water partition coefficient (Wildman–Crippen LogP) is 1.76. The van der Waals surface area contributed by atoms with Gasteiger partial charge in [0.2, 0.25) is 5.91 Å². The zero-order valence-electron chi connectivity index (χ0n) is 12.3. The molecule has 1 aromatic carbocycles. The van der Waals surface area contributed by atoms with Crippen molar-refractivity contribution >= 4 is 11.7 Å². The van der Waals surface area contributed by atoms with Gasteiger partial charge >= 0.3 is 0 Å². The van der Waals surface area contributed by atoms with Crippen LogP contribution in [0, 0.1) is 12.3 Å². The van der Waals surface area contributed by atoms with Gasteiger partial charge in [-0.25, -0.2) is 0 Å². The minimum atomic E-state index is -0.512. The maximum atomic E-state index is 12.5. The molecule has 4 heteroatoms. The molecule has 0 radical (unpaired) electrons. The molecule has 1 aliphatic rings. The van der Waals surface area contributed by atoms with E-state index in [9.17, 15) is 9.59 Å². The first-order chi connectivity index (χ1) is 9.33. The number of ketones is 1. The second-order valence-corrected chi connectivity index (χ2v) is 6.05. The van der Waals surface area contributed by atoms with E-state index in [0.717, 1.165) is 17.7 Å². The third kappa shape index (κ3) is 2.75. The molecule has 2 N–H and O–H groups in total. The summed E-state index contributed by atoms with van der Waals surface area (Å²) in [6.07, 6.45) is 0.716. The van der Waals surface area contributed by atoms with Crippen molar-refractivity contribution in [1.82, 2.24) is 4.90 Å². The number of hydrogen-bond donors (Lipinski definition) is 1. The molecule has 1 fully saturated rings. The van der Waals surface area contributed by atoms with Crippen LogP contribution in [0.3, 0.4) is 0 Å². The van der Waals surface area contributed by atoms with Crippen molar-refractivity contribution in [1.29, 1.82) is 0 Å². The first-order valence-electron chi connectivity index (χ1n) is 6.98. The molecule has 2 unspecified atom stereocenters. The Kier molecular flexibility index (Phi) is 3.95. The van der Waals surface area contributed by atoms with E-state index in [1.165, 1.54) is 0 Å². The number of likely N-dealkylation sites (tertiary alicyclic amines) is 1. The van der Waals surface area contributed by atoms with Crippen LogP contribution in [0.25, 0.3) is 0 Å². The normalized spacial score (nSPS) is 24.6.